The molecule has 1 saturated carbocycles. The fourth-order valence-corrected chi connectivity index (χ4v) is 2.34. The van der Waals surface area contributed by atoms with Crippen molar-refractivity contribution in [3.8, 4) is 0 Å². The molecule has 0 bridgehead atoms. The molecule has 1 aliphatic carbocycles. The van der Waals surface area contributed by atoms with Gasteiger partial charge in [-0.3, -0.25) is 4.79 Å². The Labute approximate surface area is 120 Å². The quantitative estimate of drug-likeness (QED) is 0.804. The number of anilines is 2. The maximum atomic E-state index is 11.5. The Bertz CT molecular complexity index is 470. The minimum absolute atomic E-state index is 0.0425. The molecule has 4 nitrogen and oxygen atoms in total. The normalized spacial score (nSPS) is 15.8. The van der Waals surface area contributed by atoms with E-state index in [1.165, 1.54) is 12.8 Å². The lowest BCUT2D eigenvalue weighted by atomic mass is 10.1. The van der Waals surface area contributed by atoms with Crippen LogP contribution in [-0.2, 0) is 9.53 Å². The average molecular weight is 276 g/mol. The zero-order valence-corrected chi connectivity index (χ0v) is 12.5. The Kier molecular flexibility index (Phi) is 5.01. The molecule has 1 amide bonds. The van der Waals surface area contributed by atoms with E-state index in [2.05, 4.69) is 16.7 Å². The van der Waals surface area contributed by atoms with Crippen molar-refractivity contribution in [3.05, 3.63) is 23.8 Å². The molecule has 1 unspecified atom stereocenters. The summed E-state index contributed by atoms with van der Waals surface area (Å²) >= 11 is 0. The number of ether oxygens (including phenoxy) is 1. The first-order valence-corrected chi connectivity index (χ1v) is 7.30. The molecular formula is C16H24N2O2. The van der Waals surface area contributed by atoms with Gasteiger partial charge in [0.2, 0.25) is 5.91 Å². The van der Waals surface area contributed by atoms with Crippen molar-refractivity contribution in [2.75, 3.05) is 24.4 Å². The molecule has 0 aliphatic heterocycles. The first kappa shape index (κ1) is 14.9. The van der Waals surface area contributed by atoms with Gasteiger partial charge in [-0.2, -0.15) is 0 Å². The van der Waals surface area contributed by atoms with E-state index in [0.717, 1.165) is 23.5 Å². The van der Waals surface area contributed by atoms with Crippen molar-refractivity contribution in [1.29, 1.82) is 0 Å². The van der Waals surface area contributed by atoms with Crippen LogP contribution in [0.4, 0.5) is 11.4 Å². The Morgan fingerprint density at radius 1 is 1.40 bits per heavy atom. The molecule has 20 heavy (non-hydrogen) atoms. The van der Waals surface area contributed by atoms with Crippen LogP contribution in [0, 0.1) is 12.8 Å². The minimum Gasteiger partial charge on any atom is -0.383 e. The number of hydrogen-bond donors (Lipinski definition) is 2. The van der Waals surface area contributed by atoms with Crippen LogP contribution in [0.3, 0.4) is 0 Å². The third kappa shape index (κ3) is 3.73. The van der Waals surface area contributed by atoms with E-state index in [4.69, 9.17) is 4.74 Å². The van der Waals surface area contributed by atoms with E-state index < -0.39 is 0 Å². The van der Waals surface area contributed by atoms with Gasteiger partial charge in [-0.1, -0.05) is 13.0 Å². The van der Waals surface area contributed by atoms with Gasteiger partial charge in [0.05, 0.1) is 12.6 Å². The summed E-state index contributed by atoms with van der Waals surface area (Å²) in [7, 11) is 1.74. The van der Waals surface area contributed by atoms with Gasteiger partial charge in [0.25, 0.3) is 0 Å². The Balaban J connectivity index is 2.10. The molecule has 0 heterocycles. The van der Waals surface area contributed by atoms with Crippen LogP contribution in [0.2, 0.25) is 0 Å². The van der Waals surface area contributed by atoms with Gasteiger partial charge in [-0.25, -0.2) is 0 Å². The van der Waals surface area contributed by atoms with Crippen LogP contribution in [0.5, 0.6) is 0 Å². The Morgan fingerprint density at radius 3 is 2.70 bits per heavy atom. The van der Waals surface area contributed by atoms with Gasteiger partial charge in [-0.05, 0) is 43.4 Å². The van der Waals surface area contributed by atoms with Crippen molar-refractivity contribution < 1.29 is 9.53 Å². The van der Waals surface area contributed by atoms with Gasteiger partial charge < -0.3 is 15.4 Å². The summed E-state index contributed by atoms with van der Waals surface area (Å²) in [5, 5.41) is 6.51. The van der Waals surface area contributed by atoms with Crippen molar-refractivity contribution >= 4 is 17.3 Å². The average Bonchev–Trinajstić information content (AvgIpc) is 3.27. The summed E-state index contributed by atoms with van der Waals surface area (Å²) in [4.78, 5) is 11.5. The Hall–Kier alpha value is -1.55. The highest BCUT2D eigenvalue weighted by atomic mass is 16.5. The number of benzene rings is 1. The molecule has 1 fully saturated rings. The van der Waals surface area contributed by atoms with Gasteiger partial charge >= 0.3 is 0 Å². The number of methoxy groups -OCH3 is 1. The van der Waals surface area contributed by atoms with Gasteiger partial charge in [0, 0.05) is 24.9 Å². The summed E-state index contributed by atoms with van der Waals surface area (Å²) < 4.78 is 5.30. The second-order valence-corrected chi connectivity index (χ2v) is 5.42. The molecule has 1 aromatic carbocycles. The monoisotopic (exact) mass is 276 g/mol. The van der Waals surface area contributed by atoms with E-state index in [0.29, 0.717) is 18.4 Å². The van der Waals surface area contributed by atoms with Crippen molar-refractivity contribution in [1.82, 2.24) is 0 Å². The predicted molar refractivity (Wildman–Crippen MR) is 82.1 cm³/mol. The molecule has 1 aliphatic rings. The topological polar surface area (TPSA) is 50.4 Å². The van der Waals surface area contributed by atoms with E-state index in [9.17, 15) is 4.79 Å². The lowest BCUT2D eigenvalue weighted by Gasteiger charge is -2.21. The first-order chi connectivity index (χ1) is 9.65. The number of hydrogen-bond acceptors (Lipinski definition) is 3. The van der Waals surface area contributed by atoms with Gasteiger partial charge in [-0.15, -0.1) is 0 Å². The highest BCUT2D eigenvalue weighted by Crippen LogP contribution is 2.35. The van der Waals surface area contributed by atoms with Crippen LogP contribution in [0.1, 0.15) is 31.7 Å². The maximum Gasteiger partial charge on any atom is 0.224 e. The summed E-state index contributed by atoms with van der Waals surface area (Å²) in [5.41, 5.74) is 3.04. The lowest BCUT2D eigenvalue weighted by Crippen LogP contribution is -2.27. The van der Waals surface area contributed by atoms with E-state index >= 15 is 0 Å². The highest BCUT2D eigenvalue weighted by Gasteiger charge is 2.31. The molecule has 0 radical (unpaired) electrons. The number of amides is 1. The largest absolute Gasteiger partial charge is 0.383 e. The van der Waals surface area contributed by atoms with Crippen LogP contribution in [-0.4, -0.2) is 25.7 Å². The Morgan fingerprint density at radius 2 is 2.10 bits per heavy atom. The molecule has 2 N–H and O–H groups in total. The van der Waals surface area contributed by atoms with Crippen molar-refractivity contribution in [2.24, 2.45) is 5.92 Å². The smallest absolute Gasteiger partial charge is 0.224 e. The molecule has 1 atom stereocenters. The van der Waals surface area contributed by atoms with Crippen molar-refractivity contribution in [3.63, 3.8) is 0 Å². The number of carbonyl (C=O) groups is 1. The molecule has 110 valence electrons. The molecule has 1 aromatic rings. The maximum absolute atomic E-state index is 11.5. The van der Waals surface area contributed by atoms with Crippen molar-refractivity contribution in [2.45, 2.75) is 39.2 Å². The third-order valence-electron chi connectivity index (χ3n) is 3.81. The summed E-state index contributed by atoms with van der Waals surface area (Å²) in [6.45, 7) is 4.61. The van der Waals surface area contributed by atoms with Crippen LogP contribution in [0.15, 0.2) is 18.2 Å². The fraction of sp³-hybridized carbons (Fsp3) is 0.562. The zero-order chi connectivity index (χ0) is 14.5. The lowest BCUT2D eigenvalue weighted by molar-refractivity contribution is -0.115. The predicted octanol–water partition coefficient (Wildman–Crippen LogP) is 3.18. The molecule has 4 heteroatoms. The SMILES string of the molecule is CCC(=O)Nc1cccc(NC(COC)C2CC2)c1C. The number of nitrogens with one attached hydrogen (secondary N) is 2. The summed E-state index contributed by atoms with van der Waals surface area (Å²) in [6.07, 6.45) is 3.03. The van der Waals surface area contributed by atoms with E-state index in [1.807, 2.05) is 26.0 Å². The van der Waals surface area contributed by atoms with Gasteiger partial charge in [0.15, 0.2) is 0 Å². The molecule has 0 aromatic heterocycles. The van der Waals surface area contributed by atoms with Crippen LogP contribution < -0.4 is 10.6 Å². The minimum atomic E-state index is 0.0425. The summed E-state index contributed by atoms with van der Waals surface area (Å²) in [5.74, 6) is 0.754. The number of rotatable bonds is 7. The fourth-order valence-electron chi connectivity index (χ4n) is 2.34. The first-order valence-electron chi connectivity index (χ1n) is 7.30. The zero-order valence-electron chi connectivity index (χ0n) is 12.5. The van der Waals surface area contributed by atoms with Gasteiger partial charge in [0.1, 0.15) is 0 Å². The second-order valence-electron chi connectivity index (χ2n) is 5.42. The number of carbonyl (C=O) groups excluding carboxylic acids is 1. The van der Waals surface area contributed by atoms with E-state index in [1.54, 1.807) is 7.11 Å². The highest BCUT2D eigenvalue weighted by molar-refractivity contribution is 5.92. The standard InChI is InChI=1S/C16H24N2O2/c1-4-16(19)18-14-7-5-6-13(11(14)2)17-15(10-20-3)12-8-9-12/h5-7,12,15,17H,4,8-10H2,1-3H3,(H,18,19). The molecule has 0 saturated heterocycles. The van der Waals surface area contributed by atoms with E-state index in [-0.39, 0.29) is 5.91 Å². The van der Waals surface area contributed by atoms with Crippen LogP contribution in [0.25, 0.3) is 0 Å². The molecular weight excluding hydrogens is 252 g/mol. The molecule has 2 rings (SSSR count). The second kappa shape index (κ2) is 6.75. The van der Waals surface area contributed by atoms with Crippen LogP contribution >= 0.6 is 0 Å². The summed E-state index contributed by atoms with van der Waals surface area (Å²) in [6, 6.07) is 6.33. The third-order valence-corrected chi connectivity index (χ3v) is 3.81. The molecule has 0 spiro atoms.